The number of amidine groups is 1. The van der Waals surface area contributed by atoms with Crippen LogP contribution >= 0.6 is 11.8 Å². The van der Waals surface area contributed by atoms with Gasteiger partial charge in [-0.3, -0.25) is 15.1 Å². The van der Waals surface area contributed by atoms with Crippen molar-refractivity contribution in [2.75, 3.05) is 12.0 Å². The minimum absolute atomic E-state index is 0.0363. The monoisotopic (exact) mass is 422 g/mol. The molecule has 1 amide bonds. The number of rotatable bonds is 4. The minimum atomic E-state index is -0.576. The molecule has 0 bridgehead atoms. The number of furan rings is 1. The standard InChI is InChI=1S/C22H15FN2O4S/c1-28-21(27)14-8-6-13(7-9-14)18-11-10-15(29-18)12-19-20(26)25(22(24)30-19)17-5-3-2-4-16(17)23/h2-12,24H,1H3/b19-12-,24-22?. The number of amides is 1. The molecular weight excluding hydrogens is 407 g/mol. The average Bonchev–Trinajstić information content (AvgIpc) is 3.33. The van der Waals surface area contributed by atoms with E-state index >= 15 is 0 Å². The predicted octanol–water partition coefficient (Wildman–Crippen LogP) is 4.93. The fourth-order valence-corrected chi connectivity index (χ4v) is 3.78. The third kappa shape index (κ3) is 3.65. The van der Waals surface area contributed by atoms with Gasteiger partial charge < -0.3 is 9.15 Å². The Labute approximate surface area is 175 Å². The molecule has 0 aliphatic carbocycles. The fraction of sp³-hybridized carbons (Fsp3) is 0.0455. The van der Waals surface area contributed by atoms with E-state index in [1.807, 2.05) is 0 Å². The van der Waals surface area contributed by atoms with Gasteiger partial charge in [-0.15, -0.1) is 0 Å². The SMILES string of the molecule is COC(=O)c1ccc(-c2ccc(/C=C3\SC(=N)N(c4ccccc4F)C3=O)o2)cc1. The molecule has 1 fully saturated rings. The van der Waals surface area contributed by atoms with Crippen molar-refractivity contribution in [2.24, 2.45) is 0 Å². The lowest BCUT2D eigenvalue weighted by atomic mass is 10.1. The van der Waals surface area contributed by atoms with Crippen molar-refractivity contribution < 1.29 is 23.1 Å². The number of nitrogens with zero attached hydrogens (tertiary/aromatic N) is 1. The van der Waals surface area contributed by atoms with Crippen molar-refractivity contribution in [3.8, 4) is 11.3 Å². The van der Waals surface area contributed by atoms with Gasteiger partial charge in [0.05, 0.1) is 23.3 Å². The maximum Gasteiger partial charge on any atom is 0.337 e. The van der Waals surface area contributed by atoms with Gasteiger partial charge >= 0.3 is 5.97 Å². The van der Waals surface area contributed by atoms with Gasteiger partial charge in [0.2, 0.25) is 0 Å². The highest BCUT2D eigenvalue weighted by Crippen LogP contribution is 2.36. The smallest absolute Gasteiger partial charge is 0.337 e. The van der Waals surface area contributed by atoms with Gasteiger partial charge in [-0.25, -0.2) is 9.18 Å². The van der Waals surface area contributed by atoms with E-state index < -0.39 is 17.7 Å². The lowest BCUT2D eigenvalue weighted by Gasteiger charge is -2.14. The molecule has 1 N–H and O–H groups in total. The van der Waals surface area contributed by atoms with Gasteiger partial charge in [0.25, 0.3) is 5.91 Å². The first-order valence-corrected chi connectivity index (χ1v) is 9.65. The molecule has 4 rings (SSSR count). The lowest BCUT2D eigenvalue weighted by Crippen LogP contribution is -2.28. The summed E-state index contributed by atoms with van der Waals surface area (Å²) in [5.41, 5.74) is 1.21. The summed E-state index contributed by atoms with van der Waals surface area (Å²) in [7, 11) is 1.32. The number of methoxy groups -OCH3 is 1. The Bertz CT molecular complexity index is 1180. The molecule has 150 valence electrons. The molecule has 3 aromatic rings. The van der Waals surface area contributed by atoms with Crippen LogP contribution in [0.15, 0.2) is 70.0 Å². The van der Waals surface area contributed by atoms with E-state index in [0.717, 1.165) is 22.2 Å². The Morgan fingerprint density at radius 1 is 1.13 bits per heavy atom. The van der Waals surface area contributed by atoms with Crippen LogP contribution in [0, 0.1) is 11.2 Å². The lowest BCUT2D eigenvalue weighted by molar-refractivity contribution is -0.113. The van der Waals surface area contributed by atoms with E-state index in [-0.39, 0.29) is 15.8 Å². The van der Waals surface area contributed by atoms with Gasteiger partial charge in [0.1, 0.15) is 17.3 Å². The molecule has 0 spiro atoms. The maximum absolute atomic E-state index is 14.1. The molecule has 6 nitrogen and oxygen atoms in total. The molecule has 1 saturated heterocycles. The number of ether oxygens (including phenoxy) is 1. The summed E-state index contributed by atoms with van der Waals surface area (Å²) in [6.07, 6.45) is 1.52. The summed E-state index contributed by atoms with van der Waals surface area (Å²) < 4.78 is 24.5. The second-order valence-electron chi connectivity index (χ2n) is 6.28. The third-order valence-corrected chi connectivity index (χ3v) is 5.30. The van der Waals surface area contributed by atoms with Crippen LogP contribution in [0.25, 0.3) is 17.4 Å². The summed E-state index contributed by atoms with van der Waals surface area (Å²) >= 11 is 0.936. The number of hydrogen-bond acceptors (Lipinski definition) is 6. The van der Waals surface area contributed by atoms with Crippen LogP contribution < -0.4 is 4.90 Å². The first kappa shape index (κ1) is 19.7. The molecule has 1 aliphatic rings. The Morgan fingerprint density at radius 3 is 2.57 bits per heavy atom. The minimum Gasteiger partial charge on any atom is -0.465 e. The summed E-state index contributed by atoms with van der Waals surface area (Å²) in [4.78, 5) is 25.5. The number of hydrogen-bond donors (Lipinski definition) is 1. The molecule has 30 heavy (non-hydrogen) atoms. The molecule has 2 aromatic carbocycles. The van der Waals surface area contributed by atoms with Crippen LogP contribution in [0.4, 0.5) is 10.1 Å². The van der Waals surface area contributed by atoms with Gasteiger partial charge in [-0.2, -0.15) is 0 Å². The largest absolute Gasteiger partial charge is 0.465 e. The molecule has 0 radical (unpaired) electrons. The summed E-state index contributed by atoms with van der Waals surface area (Å²) in [6, 6.07) is 16.0. The molecule has 1 aliphatic heterocycles. The zero-order valence-electron chi connectivity index (χ0n) is 15.7. The highest BCUT2D eigenvalue weighted by atomic mass is 32.2. The number of benzene rings is 2. The highest BCUT2D eigenvalue weighted by molar-refractivity contribution is 8.19. The van der Waals surface area contributed by atoms with E-state index in [1.165, 1.54) is 31.4 Å². The molecule has 0 atom stereocenters. The van der Waals surface area contributed by atoms with E-state index in [4.69, 9.17) is 9.83 Å². The highest BCUT2D eigenvalue weighted by Gasteiger charge is 2.35. The first-order chi connectivity index (χ1) is 14.5. The quantitative estimate of drug-likeness (QED) is 0.476. The zero-order valence-corrected chi connectivity index (χ0v) is 16.5. The molecule has 0 unspecified atom stereocenters. The molecule has 0 saturated carbocycles. The second-order valence-corrected chi connectivity index (χ2v) is 7.31. The molecule has 8 heteroatoms. The number of anilines is 1. The summed E-state index contributed by atoms with van der Waals surface area (Å²) in [5, 5.41) is 7.99. The number of esters is 1. The number of carbonyl (C=O) groups excluding carboxylic acids is 2. The normalized spacial score (nSPS) is 15.1. The van der Waals surface area contributed by atoms with Crippen LogP contribution in [0.5, 0.6) is 0 Å². The van der Waals surface area contributed by atoms with Crippen molar-refractivity contribution in [1.29, 1.82) is 5.41 Å². The van der Waals surface area contributed by atoms with Gasteiger partial charge in [0.15, 0.2) is 5.17 Å². The predicted molar refractivity (Wildman–Crippen MR) is 113 cm³/mol. The van der Waals surface area contributed by atoms with Crippen LogP contribution in [0.2, 0.25) is 0 Å². The van der Waals surface area contributed by atoms with E-state index in [2.05, 4.69) is 4.74 Å². The first-order valence-electron chi connectivity index (χ1n) is 8.83. The maximum atomic E-state index is 14.1. The number of carbonyl (C=O) groups is 2. The number of thioether (sulfide) groups is 1. The molecular formula is C22H15FN2O4S. The van der Waals surface area contributed by atoms with Crippen molar-refractivity contribution in [2.45, 2.75) is 0 Å². The van der Waals surface area contributed by atoms with Crippen LogP contribution in [0.3, 0.4) is 0 Å². The Kier molecular flexibility index (Phi) is 5.24. The van der Waals surface area contributed by atoms with Crippen LogP contribution in [0.1, 0.15) is 16.1 Å². The average molecular weight is 422 g/mol. The van der Waals surface area contributed by atoms with Crippen LogP contribution in [-0.4, -0.2) is 24.2 Å². The van der Waals surface area contributed by atoms with Gasteiger partial charge in [-0.1, -0.05) is 24.3 Å². The third-order valence-electron chi connectivity index (χ3n) is 4.41. The van der Waals surface area contributed by atoms with Crippen LogP contribution in [-0.2, 0) is 9.53 Å². The van der Waals surface area contributed by atoms with Crippen molar-refractivity contribution in [1.82, 2.24) is 0 Å². The van der Waals surface area contributed by atoms with E-state index in [1.54, 1.807) is 42.5 Å². The Morgan fingerprint density at radius 2 is 1.87 bits per heavy atom. The summed E-state index contributed by atoms with van der Waals surface area (Å²) in [5.74, 6) is -0.524. The Hall–Kier alpha value is -3.65. The molecule has 1 aromatic heterocycles. The van der Waals surface area contributed by atoms with Crippen molar-refractivity contribution in [3.63, 3.8) is 0 Å². The number of nitrogens with one attached hydrogen (secondary N) is 1. The second kappa shape index (κ2) is 8.00. The molecule has 2 heterocycles. The van der Waals surface area contributed by atoms with Gasteiger partial charge in [0, 0.05) is 11.6 Å². The van der Waals surface area contributed by atoms with Crippen molar-refractivity contribution in [3.05, 3.63) is 82.7 Å². The van der Waals surface area contributed by atoms with E-state index in [0.29, 0.717) is 17.1 Å². The Balaban J connectivity index is 1.57. The topological polar surface area (TPSA) is 83.6 Å². The van der Waals surface area contributed by atoms with Gasteiger partial charge in [-0.05, 0) is 48.2 Å². The summed E-state index contributed by atoms with van der Waals surface area (Å²) in [6.45, 7) is 0. The number of halogens is 1. The van der Waals surface area contributed by atoms with E-state index in [9.17, 15) is 14.0 Å². The number of para-hydroxylation sites is 1. The fourth-order valence-electron chi connectivity index (χ4n) is 2.94. The van der Waals surface area contributed by atoms with Crippen molar-refractivity contribution >= 4 is 40.6 Å². The zero-order chi connectivity index (χ0) is 21.3.